The predicted octanol–water partition coefficient (Wildman–Crippen LogP) is 2.83. The first-order valence-corrected chi connectivity index (χ1v) is 7.33. The largest absolute Gasteiger partial charge is 0.352 e. The van der Waals surface area contributed by atoms with Crippen molar-refractivity contribution in [3.05, 3.63) is 0 Å². The summed E-state index contributed by atoms with van der Waals surface area (Å²) < 4.78 is 0. The average Bonchev–Trinajstić information content (AvgIpc) is 2.18. The summed E-state index contributed by atoms with van der Waals surface area (Å²) in [6.45, 7) is 8.82. The van der Waals surface area contributed by atoms with E-state index in [2.05, 4.69) is 33.0 Å². The van der Waals surface area contributed by atoms with Crippen LogP contribution in [0.5, 0.6) is 0 Å². The lowest BCUT2D eigenvalue weighted by Crippen LogP contribution is -2.49. The Balaban J connectivity index is 2.32. The Kier molecular flexibility index (Phi) is 5.64. The topological polar surface area (TPSA) is 55.1 Å². The fourth-order valence-electron chi connectivity index (χ4n) is 3.04. The molecule has 3 heteroatoms. The first kappa shape index (κ1) is 15.5. The van der Waals surface area contributed by atoms with Crippen LogP contribution in [0.4, 0.5) is 0 Å². The van der Waals surface area contributed by atoms with Gasteiger partial charge in [-0.05, 0) is 30.6 Å². The van der Waals surface area contributed by atoms with Gasteiger partial charge in [0.05, 0.1) is 0 Å². The van der Waals surface area contributed by atoms with Crippen molar-refractivity contribution in [2.75, 3.05) is 0 Å². The zero-order chi connectivity index (χ0) is 13.8. The third-order valence-corrected chi connectivity index (χ3v) is 3.66. The Morgan fingerprint density at radius 2 is 1.94 bits per heavy atom. The number of carbonyl (C=O) groups excluding carboxylic acids is 1. The van der Waals surface area contributed by atoms with Crippen LogP contribution < -0.4 is 11.1 Å². The van der Waals surface area contributed by atoms with Crippen LogP contribution in [0.15, 0.2) is 0 Å². The van der Waals surface area contributed by atoms with Crippen molar-refractivity contribution in [1.82, 2.24) is 5.32 Å². The Hall–Kier alpha value is -0.570. The van der Waals surface area contributed by atoms with Crippen LogP contribution >= 0.6 is 0 Å². The van der Waals surface area contributed by atoms with Crippen molar-refractivity contribution in [2.24, 2.45) is 17.1 Å². The number of hydrogen-bond donors (Lipinski definition) is 2. The monoisotopic (exact) mass is 254 g/mol. The minimum Gasteiger partial charge on any atom is -0.352 e. The number of amides is 1. The van der Waals surface area contributed by atoms with Gasteiger partial charge in [-0.25, -0.2) is 0 Å². The first-order chi connectivity index (χ1) is 8.28. The van der Waals surface area contributed by atoms with Crippen LogP contribution in [-0.4, -0.2) is 18.0 Å². The van der Waals surface area contributed by atoms with E-state index < -0.39 is 0 Å². The van der Waals surface area contributed by atoms with Crippen molar-refractivity contribution < 1.29 is 4.79 Å². The van der Waals surface area contributed by atoms with Crippen LogP contribution in [0.25, 0.3) is 0 Å². The SMILES string of the molecule is CC(CC(=O)NC1CCCCC1N)CC(C)(C)C. The summed E-state index contributed by atoms with van der Waals surface area (Å²) in [7, 11) is 0. The van der Waals surface area contributed by atoms with Crippen molar-refractivity contribution >= 4 is 5.91 Å². The van der Waals surface area contributed by atoms with Gasteiger partial charge in [-0.3, -0.25) is 4.79 Å². The van der Waals surface area contributed by atoms with Crippen molar-refractivity contribution in [3.63, 3.8) is 0 Å². The fourth-order valence-corrected chi connectivity index (χ4v) is 3.04. The van der Waals surface area contributed by atoms with E-state index in [1.807, 2.05) is 0 Å². The molecule has 0 aliphatic heterocycles. The molecule has 0 heterocycles. The van der Waals surface area contributed by atoms with Crippen molar-refractivity contribution in [1.29, 1.82) is 0 Å². The highest BCUT2D eigenvalue weighted by Crippen LogP contribution is 2.26. The van der Waals surface area contributed by atoms with E-state index in [9.17, 15) is 4.79 Å². The van der Waals surface area contributed by atoms with Crippen LogP contribution in [0.1, 0.15) is 66.2 Å². The van der Waals surface area contributed by atoms with E-state index in [1.54, 1.807) is 0 Å². The minimum atomic E-state index is 0.153. The predicted molar refractivity (Wildman–Crippen MR) is 76.2 cm³/mol. The number of hydrogen-bond acceptors (Lipinski definition) is 2. The molecule has 3 unspecified atom stereocenters. The van der Waals surface area contributed by atoms with Gasteiger partial charge in [0.15, 0.2) is 0 Å². The molecule has 3 N–H and O–H groups in total. The lowest BCUT2D eigenvalue weighted by molar-refractivity contribution is -0.123. The molecule has 1 aliphatic carbocycles. The molecular weight excluding hydrogens is 224 g/mol. The zero-order valence-corrected chi connectivity index (χ0v) is 12.5. The third-order valence-electron chi connectivity index (χ3n) is 3.66. The quantitative estimate of drug-likeness (QED) is 0.810. The second-order valence-electron chi connectivity index (χ2n) is 7.20. The Morgan fingerprint density at radius 3 is 2.50 bits per heavy atom. The second kappa shape index (κ2) is 6.55. The maximum absolute atomic E-state index is 12.0. The molecular formula is C15H30N2O. The molecule has 3 atom stereocenters. The number of rotatable bonds is 4. The van der Waals surface area contributed by atoms with E-state index in [0.29, 0.717) is 17.8 Å². The molecule has 3 nitrogen and oxygen atoms in total. The van der Waals surface area contributed by atoms with Gasteiger partial charge in [-0.15, -0.1) is 0 Å². The molecule has 1 aliphatic rings. The highest BCUT2D eigenvalue weighted by Gasteiger charge is 2.24. The third kappa shape index (κ3) is 5.85. The summed E-state index contributed by atoms with van der Waals surface area (Å²) in [5, 5.41) is 3.12. The van der Waals surface area contributed by atoms with Crippen LogP contribution in [-0.2, 0) is 4.79 Å². The molecule has 1 fully saturated rings. The molecule has 0 aromatic carbocycles. The summed E-state index contributed by atoms with van der Waals surface area (Å²) >= 11 is 0. The first-order valence-electron chi connectivity index (χ1n) is 7.33. The molecule has 18 heavy (non-hydrogen) atoms. The lowest BCUT2D eigenvalue weighted by atomic mass is 9.84. The second-order valence-corrected chi connectivity index (χ2v) is 7.20. The molecule has 0 aromatic rings. The normalized spacial score (nSPS) is 26.7. The summed E-state index contributed by atoms with van der Waals surface area (Å²) in [6, 6.07) is 0.355. The van der Waals surface area contributed by atoms with E-state index in [1.165, 1.54) is 12.8 Å². The average molecular weight is 254 g/mol. The van der Waals surface area contributed by atoms with Crippen LogP contribution in [0.3, 0.4) is 0 Å². The highest BCUT2D eigenvalue weighted by atomic mass is 16.1. The summed E-state index contributed by atoms with van der Waals surface area (Å²) in [5.41, 5.74) is 6.34. The Bertz CT molecular complexity index is 270. The molecule has 0 saturated heterocycles. The molecule has 1 saturated carbocycles. The van der Waals surface area contributed by atoms with Gasteiger partial charge >= 0.3 is 0 Å². The smallest absolute Gasteiger partial charge is 0.220 e. The highest BCUT2D eigenvalue weighted by molar-refractivity contribution is 5.76. The lowest BCUT2D eigenvalue weighted by Gasteiger charge is -2.30. The molecule has 0 spiro atoms. The van der Waals surface area contributed by atoms with Gasteiger partial charge in [0.25, 0.3) is 0 Å². The molecule has 1 rings (SSSR count). The minimum absolute atomic E-state index is 0.153. The fraction of sp³-hybridized carbons (Fsp3) is 0.933. The molecule has 1 amide bonds. The standard InChI is InChI=1S/C15H30N2O/c1-11(10-15(2,3)4)9-14(18)17-13-8-6-5-7-12(13)16/h11-13H,5-10,16H2,1-4H3,(H,17,18). The molecule has 106 valence electrons. The molecule has 0 bridgehead atoms. The van der Waals surface area contributed by atoms with E-state index in [0.717, 1.165) is 19.3 Å². The van der Waals surface area contributed by atoms with Gasteiger partial charge in [-0.2, -0.15) is 0 Å². The zero-order valence-electron chi connectivity index (χ0n) is 12.5. The molecule has 0 aromatic heterocycles. The number of nitrogens with one attached hydrogen (secondary N) is 1. The molecule has 0 radical (unpaired) electrons. The van der Waals surface area contributed by atoms with Gasteiger partial charge in [-0.1, -0.05) is 40.5 Å². The van der Waals surface area contributed by atoms with Crippen molar-refractivity contribution in [3.8, 4) is 0 Å². The van der Waals surface area contributed by atoms with E-state index in [-0.39, 0.29) is 18.0 Å². The van der Waals surface area contributed by atoms with Gasteiger partial charge in [0, 0.05) is 18.5 Å². The maximum Gasteiger partial charge on any atom is 0.220 e. The van der Waals surface area contributed by atoms with E-state index in [4.69, 9.17) is 5.73 Å². The summed E-state index contributed by atoms with van der Waals surface area (Å²) in [6.07, 6.45) is 6.19. The number of carbonyl (C=O) groups is 1. The Labute approximate surface area is 112 Å². The van der Waals surface area contributed by atoms with Crippen LogP contribution in [0.2, 0.25) is 0 Å². The number of nitrogens with two attached hydrogens (primary N) is 1. The summed E-state index contributed by atoms with van der Waals surface area (Å²) in [5.74, 6) is 0.610. The summed E-state index contributed by atoms with van der Waals surface area (Å²) in [4.78, 5) is 12.0. The maximum atomic E-state index is 12.0. The van der Waals surface area contributed by atoms with Crippen molar-refractivity contribution in [2.45, 2.75) is 78.3 Å². The van der Waals surface area contributed by atoms with Crippen LogP contribution in [0, 0.1) is 11.3 Å². The van der Waals surface area contributed by atoms with Gasteiger partial charge in [0.2, 0.25) is 5.91 Å². The Morgan fingerprint density at radius 1 is 1.33 bits per heavy atom. The van der Waals surface area contributed by atoms with E-state index >= 15 is 0 Å². The van der Waals surface area contributed by atoms with Gasteiger partial charge in [0.1, 0.15) is 0 Å². The van der Waals surface area contributed by atoms with Gasteiger partial charge < -0.3 is 11.1 Å².